The number of benzene rings is 1. The molecule has 0 aromatic heterocycles. The van der Waals surface area contributed by atoms with Crippen LogP contribution in [0.25, 0.3) is 0 Å². The Morgan fingerprint density at radius 2 is 1.95 bits per heavy atom. The molecule has 2 aliphatic rings. The van der Waals surface area contributed by atoms with Gasteiger partial charge >= 0.3 is 0 Å². The molecule has 20 heavy (non-hydrogen) atoms. The molecule has 1 aliphatic heterocycles. The molecule has 1 unspecified atom stereocenters. The Balaban J connectivity index is 1.81. The minimum Gasteiger partial charge on any atom is -0.384 e. The summed E-state index contributed by atoms with van der Waals surface area (Å²) in [6, 6.07) is 6.48. The van der Waals surface area contributed by atoms with E-state index in [1.165, 1.54) is 42.5 Å². The average Bonchev–Trinajstić information content (AvgIpc) is 2.79. The van der Waals surface area contributed by atoms with Gasteiger partial charge in [-0.05, 0) is 54.9 Å². The fourth-order valence-electron chi connectivity index (χ4n) is 3.44. The van der Waals surface area contributed by atoms with Gasteiger partial charge in [-0.1, -0.05) is 31.1 Å². The predicted molar refractivity (Wildman–Crippen MR) is 84.2 cm³/mol. The van der Waals surface area contributed by atoms with Crippen LogP contribution in [0.5, 0.6) is 0 Å². The van der Waals surface area contributed by atoms with Crippen LogP contribution in [0.3, 0.4) is 0 Å². The molecular formula is C18H25NO. The van der Waals surface area contributed by atoms with Crippen LogP contribution in [0.15, 0.2) is 29.8 Å². The summed E-state index contributed by atoms with van der Waals surface area (Å²) in [6.45, 7) is 1.09. The number of fused-ring (bicyclic) bond motifs is 1. The molecule has 0 fully saturated rings. The van der Waals surface area contributed by atoms with E-state index in [4.69, 9.17) is 0 Å². The predicted octanol–water partition coefficient (Wildman–Crippen LogP) is 3.99. The zero-order chi connectivity index (χ0) is 13.9. The molecule has 1 heterocycles. The van der Waals surface area contributed by atoms with Crippen LogP contribution in [-0.2, 0) is 6.42 Å². The smallest absolute Gasteiger partial charge is 0.100 e. The average molecular weight is 271 g/mol. The lowest BCUT2D eigenvalue weighted by molar-refractivity contribution is 0.209. The number of hydrogen-bond acceptors (Lipinski definition) is 2. The van der Waals surface area contributed by atoms with E-state index >= 15 is 0 Å². The highest BCUT2D eigenvalue weighted by Gasteiger charge is 2.19. The minimum atomic E-state index is -0.399. The lowest BCUT2D eigenvalue weighted by atomic mass is 9.92. The van der Waals surface area contributed by atoms with Gasteiger partial charge in [-0.15, -0.1) is 0 Å². The number of rotatable bonds is 2. The van der Waals surface area contributed by atoms with Gasteiger partial charge in [-0.25, -0.2) is 0 Å². The molecule has 0 amide bonds. The highest BCUT2D eigenvalue weighted by atomic mass is 16.3. The Bertz CT molecular complexity index is 506. The quantitative estimate of drug-likeness (QED) is 0.822. The maximum Gasteiger partial charge on any atom is 0.100 e. The van der Waals surface area contributed by atoms with Crippen molar-refractivity contribution in [1.82, 2.24) is 0 Å². The topological polar surface area (TPSA) is 23.5 Å². The van der Waals surface area contributed by atoms with Crippen molar-refractivity contribution < 1.29 is 5.11 Å². The first kappa shape index (κ1) is 13.7. The molecule has 0 bridgehead atoms. The van der Waals surface area contributed by atoms with Crippen molar-refractivity contribution in [1.29, 1.82) is 0 Å². The van der Waals surface area contributed by atoms with Gasteiger partial charge in [-0.2, -0.15) is 0 Å². The molecular weight excluding hydrogens is 246 g/mol. The van der Waals surface area contributed by atoms with Crippen LogP contribution >= 0.6 is 0 Å². The Hall–Kier alpha value is -1.28. The first-order valence-corrected chi connectivity index (χ1v) is 7.96. The first-order valence-electron chi connectivity index (χ1n) is 7.96. The maximum absolute atomic E-state index is 10.7. The van der Waals surface area contributed by atoms with E-state index in [2.05, 4.69) is 36.2 Å². The third-order valence-corrected chi connectivity index (χ3v) is 4.72. The van der Waals surface area contributed by atoms with Crippen molar-refractivity contribution in [2.24, 2.45) is 0 Å². The van der Waals surface area contributed by atoms with Crippen molar-refractivity contribution in [3.8, 4) is 0 Å². The maximum atomic E-state index is 10.7. The van der Waals surface area contributed by atoms with Gasteiger partial charge in [-0.3, -0.25) is 0 Å². The molecule has 1 atom stereocenters. The second-order valence-corrected chi connectivity index (χ2v) is 6.19. The molecule has 2 heteroatoms. The van der Waals surface area contributed by atoms with Gasteiger partial charge in [0, 0.05) is 19.3 Å². The number of aliphatic hydroxyl groups excluding tert-OH is 1. The van der Waals surface area contributed by atoms with E-state index in [1.807, 2.05) is 0 Å². The van der Waals surface area contributed by atoms with Crippen LogP contribution in [-0.4, -0.2) is 18.7 Å². The van der Waals surface area contributed by atoms with Crippen molar-refractivity contribution >= 4 is 5.69 Å². The first-order chi connectivity index (χ1) is 9.75. The molecule has 3 rings (SSSR count). The van der Waals surface area contributed by atoms with Gasteiger partial charge in [0.25, 0.3) is 0 Å². The van der Waals surface area contributed by atoms with Gasteiger partial charge in [0.15, 0.2) is 0 Å². The number of nitrogens with zero attached hydrogens (tertiary/aromatic N) is 1. The van der Waals surface area contributed by atoms with Crippen molar-refractivity contribution in [3.63, 3.8) is 0 Å². The minimum absolute atomic E-state index is 0.399. The van der Waals surface area contributed by atoms with Crippen molar-refractivity contribution in [2.45, 2.75) is 51.0 Å². The molecule has 1 N–H and O–H groups in total. The molecule has 0 saturated carbocycles. The van der Waals surface area contributed by atoms with Crippen LogP contribution in [0.2, 0.25) is 0 Å². The van der Waals surface area contributed by atoms with E-state index in [0.717, 1.165) is 31.4 Å². The number of anilines is 1. The van der Waals surface area contributed by atoms with Crippen molar-refractivity contribution in [2.75, 3.05) is 18.5 Å². The van der Waals surface area contributed by atoms with Gasteiger partial charge in [0.05, 0.1) is 0 Å². The molecule has 2 nitrogen and oxygen atoms in total. The Morgan fingerprint density at radius 1 is 1.10 bits per heavy atom. The molecule has 0 saturated heterocycles. The second-order valence-electron chi connectivity index (χ2n) is 6.19. The summed E-state index contributed by atoms with van der Waals surface area (Å²) in [5, 5.41) is 10.7. The summed E-state index contributed by atoms with van der Waals surface area (Å²) in [7, 11) is 2.14. The van der Waals surface area contributed by atoms with Gasteiger partial charge in [0.2, 0.25) is 0 Å². The normalized spacial score (nSPS) is 23.5. The fourth-order valence-corrected chi connectivity index (χ4v) is 3.44. The monoisotopic (exact) mass is 271 g/mol. The summed E-state index contributed by atoms with van der Waals surface area (Å²) in [6.07, 6.45) is 10.3. The lowest BCUT2D eigenvalue weighted by Crippen LogP contribution is -2.12. The standard InChI is InChI=1S/C18H25NO/c1-19-12-11-15-13-16(9-10-17(15)19)18(20)14-7-5-3-2-4-6-8-14/h7,9-10,13,18,20H,2-6,8,11-12H2,1H3/b14-7+. The Kier molecular flexibility index (Phi) is 4.11. The number of likely N-dealkylation sites (N-methyl/N-ethyl adjacent to an activating group) is 1. The van der Waals surface area contributed by atoms with E-state index in [0.29, 0.717) is 0 Å². The van der Waals surface area contributed by atoms with Gasteiger partial charge in [0.1, 0.15) is 6.10 Å². The Morgan fingerprint density at radius 3 is 2.85 bits per heavy atom. The van der Waals surface area contributed by atoms with E-state index in [1.54, 1.807) is 0 Å². The molecule has 0 spiro atoms. The fraction of sp³-hybridized carbons (Fsp3) is 0.556. The largest absolute Gasteiger partial charge is 0.384 e. The third-order valence-electron chi connectivity index (χ3n) is 4.72. The zero-order valence-corrected chi connectivity index (χ0v) is 12.4. The van der Waals surface area contributed by atoms with Crippen LogP contribution in [0.4, 0.5) is 5.69 Å². The summed E-state index contributed by atoms with van der Waals surface area (Å²) < 4.78 is 0. The zero-order valence-electron chi connectivity index (χ0n) is 12.4. The van der Waals surface area contributed by atoms with Crippen molar-refractivity contribution in [3.05, 3.63) is 41.0 Å². The molecule has 108 valence electrons. The highest BCUT2D eigenvalue weighted by molar-refractivity contribution is 5.59. The summed E-state index contributed by atoms with van der Waals surface area (Å²) in [5.74, 6) is 0. The SMILES string of the molecule is CN1CCc2cc(C(O)/C3=C/CCCCCC3)ccc21. The Labute approximate surface area is 122 Å². The van der Waals surface area contributed by atoms with Crippen LogP contribution in [0.1, 0.15) is 55.8 Å². The number of allylic oxidation sites excluding steroid dienone is 1. The summed E-state index contributed by atoms with van der Waals surface area (Å²) >= 11 is 0. The van der Waals surface area contributed by atoms with Crippen LogP contribution in [0, 0.1) is 0 Å². The summed E-state index contributed by atoms with van der Waals surface area (Å²) in [4.78, 5) is 2.29. The molecule has 1 aliphatic carbocycles. The molecule has 1 aromatic rings. The van der Waals surface area contributed by atoms with E-state index in [-0.39, 0.29) is 0 Å². The lowest BCUT2D eigenvalue weighted by Gasteiger charge is -2.19. The van der Waals surface area contributed by atoms with E-state index < -0.39 is 6.10 Å². The van der Waals surface area contributed by atoms with E-state index in [9.17, 15) is 5.11 Å². The number of hydrogen-bond donors (Lipinski definition) is 1. The van der Waals surface area contributed by atoms with Crippen LogP contribution < -0.4 is 4.90 Å². The number of aliphatic hydroxyl groups is 1. The second kappa shape index (κ2) is 6.01. The summed E-state index contributed by atoms with van der Waals surface area (Å²) in [5.41, 5.74) is 5.02. The van der Waals surface area contributed by atoms with Gasteiger partial charge < -0.3 is 10.0 Å². The molecule has 1 aromatic carbocycles. The third kappa shape index (κ3) is 2.76. The highest BCUT2D eigenvalue weighted by Crippen LogP contribution is 2.33. The molecule has 0 radical (unpaired) electrons.